The van der Waals surface area contributed by atoms with Gasteiger partial charge in [0.05, 0.1) is 5.69 Å². The van der Waals surface area contributed by atoms with E-state index >= 15 is 0 Å². The van der Waals surface area contributed by atoms with Crippen LogP contribution in [0.1, 0.15) is 25.4 Å². The highest BCUT2D eigenvalue weighted by atomic mass is 15.0. The second-order valence-corrected chi connectivity index (χ2v) is 4.13. The number of anilines is 1. The van der Waals surface area contributed by atoms with E-state index in [1.54, 1.807) is 0 Å². The van der Waals surface area contributed by atoms with Crippen molar-refractivity contribution in [3.63, 3.8) is 0 Å². The van der Waals surface area contributed by atoms with Crippen molar-refractivity contribution >= 4 is 5.82 Å². The summed E-state index contributed by atoms with van der Waals surface area (Å²) in [6, 6.07) is 6.00. The van der Waals surface area contributed by atoms with Crippen LogP contribution in [0.2, 0.25) is 0 Å². The molecule has 0 spiro atoms. The van der Waals surface area contributed by atoms with E-state index in [9.17, 15) is 0 Å². The second-order valence-electron chi connectivity index (χ2n) is 4.13. The largest absolute Gasteiger partial charge is 0.370 e. The predicted octanol–water partition coefficient (Wildman–Crippen LogP) is 2.84. The van der Waals surface area contributed by atoms with Crippen LogP contribution in [0.25, 0.3) is 11.3 Å². The van der Waals surface area contributed by atoms with E-state index in [-0.39, 0.29) is 0 Å². The van der Waals surface area contributed by atoms with Gasteiger partial charge in [0.2, 0.25) is 0 Å². The van der Waals surface area contributed by atoms with Gasteiger partial charge in [-0.1, -0.05) is 6.92 Å². The molecule has 0 aliphatic rings. The highest BCUT2D eigenvalue weighted by Crippen LogP contribution is 2.19. The van der Waals surface area contributed by atoms with Crippen molar-refractivity contribution in [2.24, 2.45) is 0 Å². The Morgan fingerprint density at radius 3 is 2.61 bits per heavy atom. The third-order valence-corrected chi connectivity index (χ3v) is 2.65. The Hall–Kier alpha value is -1.97. The third kappa shape index (κ3) is 2.83. The van der Waals surface area contributed by atoms with Gasteiger partial charge in [-0.25, -0.2) is 9.97 Å². The highest BCUT2D eigenvalue weighted by molar-refractivity contribution is 5.61. The molecule has 0 aromatic carbocycles. The minimum absolute atomic E-state index is 0.825. The fourth-order valence-electron chi connectivity index (χ4n) is 1.69. The lowest BCUT2D eigenvalue weighted by Crippen LogP contribution is -2.04. The second kappa shape index (κ2) is 5.58. The molecule has 1 N–H and O–H groups in total. The van der Waals surface area contributed by atoms with Gasteiger partial charge in [-0.2, -0.15) is 0 Å². The van der Waals surface area contributed by atoms with Crippen molar-refractivity contribution < 1.29 is 0 Å². The summed E-state index contributed by atoms with van der Waals surface area (Å²) < 4.78 is 0. The Morgan fingerprint density at radius 1 is 1.17 bits per heavy atom. The topological polar surface area (TPSA) is 50.7 Å². The van der Waals surface area contributed by atoms with Crippen LogP contribution in [0.3, 0.4) is 0 Å². The van der Waals surface area contributed by atoms with E-state index in [1.165, 1.54) is 0 Å². The van der Waals surface area contributed by atoms with Gasteiger partial charge in [-0.3, -0.25) is 4.98 Å². The zero-order valence-electron chi connectivity index (χ0n) is 11.1. The first-order chi connectivity index (χ1) is 8.72. The molecule has 0 aliphatic heterocycles. The van der Waals surface area contributed by atoms with Crippen LogP contribution in [-0.2, 0) is 6.42 Å². The Labute approximate surface area is 108 Å². The first kappa shape index (κ1) is 12.5. The summed E-state index contributed by atoms with van der Waals surface area (Å²) >= 11 is 0. The molecule has 0 saturated carbocycles. The number of rotatable bonds is 4. The number of nitrogens with zero attached hydrogens (tertiary/aromatic N) is 3. The molecule has 0 aliphatic carbocycles. The Balaban J connectivity index is 2.42. The monoisotopic (exact) mass is 242 g/mol. The summed E-state index contributed by atoms with van der Waals surface area (Å²) in [6.45, 7) is 6.94. The molecule has 0 atom stereocenters. The van der Waals surface area contributed by atoms with Crippen LogP contribution < -0.4 is 5.32 Å². The summed E-state index contributed by atoms with van der Waals surface area (Å²) in [5, 5.41) is 3.23. The van der Waals surface area contributed by atoms with E-state index in [1.807, 2.05) is 31.3 Å². The van der Waals surface area contributed by atoms with Crippen LogP contribution in [-0.4, -0.2) is 21.5 Å². The van der Waals surface area contributed by atoms with E-state index < -0.39 is 0 Å². The fraction of sp³-hybridized carbons (Fsp3) is 0.357. The molecule has 4 heteroatoms. The molecule has 2 rings (SSSR count). The molecule has 0 saturated heterocycles. The van der Waals surface area contributed by atoms with Crippen molar-refractivity contribution in [2.45, 2.75) is 27.2 Å². The van der Waals surface area contributed by atoms with Crippen LogP contribution in [0.5, 0.6) is 0 Å². The molecular formula is C14H18N4. The molecule has 18 heavy (non-hydrogen) atoms. The number of hydrogen-bond acceptors (Lipinski definition) is 4. The first-order valence-corrected chi connectivity index (χ1v) is 6.27. The maximum absolute atomic E-state index is 4.54. The maximum atomic E-state index is 4.54. The molecule has 0 unspecified atom stereocenters. The number of hydrogen-bond donors (Lipinski definition) is 1. The van der Waals surface area contributed by atoms with Gasteiger partial charge in [-0.05, 0) is 26.0 Å². The predicted molar refractivity (Wildman–Crippen MR) is 73.5 cm³/mol. The average Bonchev–Trinajstić information content (AvgIpc) is 2.39. The molecule has 0 bridgehead atoms. The van der Waals surface area contributed by atoms with E-state index in [0.29, 0.717) is 0 Å². The molecule has 2 aromatic heterocycles. The summed E-state index contributed by atoms with van der Waals surface area (Å²) in [4.78, 5) is 13.3. The standard InChI is InChI=1S/C14H18N4/c1-4-13-17-12(8-14(18-13)15-5-2)11-7-6-10(3)16-9-11/h6-9H,4-5H2,1-3H3,(H,15,17,18). The number of aryl methyl sites for hydroxylation is 2. The summed E-state index contributed by atoms with van der Waals surface area (Å²) in [5.41, 5.74) is 2.96. The van der Waals surface area contributed by atoms with Gasteiger partial charge in [0.25, 0.3) is 0 Å². The van der Waals surface area contributed by atoms with Gasteiger partial charge in [0.15, 0.2) is 0 Å². The van der Waals surface area contributed by atoms with Gasteiger partial charge < -0.3 is 5.32 Å². The smallest absolute Gasteiger partial charge is 0.131 e. The minimum Gasteiger partial charge on any atom is -0.370 e. The SMILES string of the molecule is CCNc1cc(-c2ccc(C)nc2)nc(CC)n1. The molecule has 0 radical (unpaired) electrons. The number of aromatic nitrogens is 3. The van der Waals surface area contributed by atoms with Crippen molar-refractivity contribution in [1.29, 1.82) is 0 Å². The summed E-state index contributed by atoms with van der Waals surface area (Å²) in [6.07, 6.45) is 2.68. The van der Waals surface area contributed by atoms with Gasteiger partial charge in [-0.15, -0.1) is 0 Å². The highest BCUT2D eigenvalue weighted by Gasteiger charge is 2.05. The van der Waals surface area contributed by atoms with Crippen LogP contribution in [0, 0.1) is 6.92 Å². The number of nitrogens with one attached hydrogen (secondary N) is 1. The minimum atomic E-state index is 0.825. The zero-order valence-corrected chi connectivity index (χ0v) is 11.1. The van der Waals surface area contributed by atoms with Crippen LogP contribution >= 0.6 is 0 Å². The normalized spacial score (nSPS) is 10.4. The molecule has 94 valence electrons. The summed E-state index contributed by atoms with van der Waals surface area (Å²) in [5.74, 6) is 1.73. The summed E-state index contributed by atoms with van der Waals surface area (Å²) in [7, 11) is 0. The Kier molecular flexibility index (Phi) is 3.87. The van der Waals surface area contributed by atoms with E-state index in [0.717, 1.165) is 41.6 Å². The molecule has 2 aromatic rings. The quantitative estimate of drug-likeness (QED) is 0.895. The lowest BCUT2D eigenvalue weighted by molar-refractivity contribution is 0.939. The third-order valence-electron chi connectivity index (χ3n) is 2.65. The lowest BCUT2D eigenvalue weighted by Gasteiger charge is -2.08. The van der Waals surface area contributed by atoms with Gasteiger partial charge in [0, 0.05) is 36.5 Å². The zero-order chi connectivity index (χ0) is 13.0. The van der Waals surface area contributed by atoms with Crippen LogP contribution in [0.4, 0.5) is 5.82 Å². The average molecular weight is 242 g/mol. The molecule has 0 fully saturated rings. The maximum Gasteiger partial charge on any atom is 0.131 e. The first-order valence-electron chi connectivity index (χ1n) is 6.27. The van der Waals surface area contributed by atoms with Crippen molar-refractivity contribution in [3.8, 4) is 11.3 Å². The van der Waals surface area contributed by atoms with Crippen molar-refractivity contribution in [3.05, 3.63) is 35.9 Å². The Morgan fingerprint density at radius 2 is 2.00 bits per heavy atom. The molecular weight excluding hydrogens is 224 g/mol. The Bertz CT molecular complexity index is 520. The van der Waals surface area contributed by atoms with Crippen LogP contribution in [0.15, 0.2) is 24.4 Å². The lowest BCUT2D eigenvalue weighted by atomic mass is 10.2. The molecule has 2 heterocycles. The van der Waals surface area contributed by atoms with Crippen molar-refractivity contribution in [1.82, 2.24) is 15.0 Å². The van der Waals surface area contributed by atoms with E-state index in [2.05, 4.69) is 34.1 Å². The fourth-order valence-corrected chi connectivity index (χ4v) is 1.69. The van der Waals surface area contributed by atoms with E-state index in [4.69, 9.17) is 0 Å². The molecule has 4 nitrogen and oxygen atoms in total. The number of pyridine rings is 1. The van der Waals surface area contributed by atoms with Gasteiger partial charge >= 0.3 is 0 Å². The molecule has 0 amide bonds. The van der Waals surface area contributed by atoms with Crippen molar-refractivity contribution in [2.75, 3.05) is 11.9 Å². The van der Waals surface area contributed by atoms with Gasteiger partial charge in [0.1, 0.15) is 11.6 Å².